The average molecular weight is 264 g/mol. The van der Waals surface area contributed by atoms with E-state index in [0.29, 0.717) is 0 Å². The Kier molecular flexibility index (Phi) is 8.37. The highest BCUT2D eigenvalue weighted by Gasteiger charge is 2.22. The maximum absolute atomic E-state index is 11.9. The second-order valence-electron chi connectivity index (χ2n) is 4.23. The lowest BCUT2D eigenvalue weighted by molar-refractivity contribution is 0.120. The molecule has 0 bridgehead atoms. The summed E-state index contributed by atoms with van der Waals surface area (Å²) in [4.78, 5) is 18.0. The first-order valence-electron chi connectivity index (χ1n) is 6.06. The van der Waals surface area contributed by atoms with Crippen molar-refractivity contribution in [3.63, 3.8) is 0 Å². The minimum absolute atomic E-state index is 0. The fourth-order valence-electron chi connectivity index (χ4n) is 1.81. The summed E-state index contributed by atoms with van der Waals surface area (Å²) >= 11 is 0. The summed E-state index contributed by atoms with van der Waals surface area (Å²) in [7, 11) is 3.83. The minimum atomic E-state index is 0. The van der Waals surface area contributed by atoms with Crippen LogP contribution in [0.4, 0.5) is 4.79 Å². The summed E-state index contributed by atoms with van der Waals surface area (Å²) in [5, 5.41) is 3.15. The van der Waals surface area contributed by atoms with Crippen LogP contribution in [0.2, 0.25) is 0 Å². The molecule has 1 heterocycles. The Morgan fingerprint density at radius 1 is 1.35 bits per heavy atom. The van der Waals surface area contributed by atoms with Crippen molar-refractivity contribution < 1.29 is 6.22 Å². The molecular formula is C11H28N4OS. The van der Waals surface area contributed by atoms with Gasteiger partial charge in [-0.2, -0.15) is 13.5 Å². The molecule has 6 heteroatoms. The molecule has 5 nitrogen and oxygen atoms in total. The van der Waals surface area contributed by atoms with E-state index in [1.165, 1.54) is 0 Å². The van der Waals surface area contributed by atoms with E-state index in [2.05, 4.69) is 10.2 Å². The van der Waals surface area contributed by atoms with Crippen molar-refractivity contribution in [1.29, 1.82) is 0 Å². The van der Waals surface area contributed by atoms with Crippen molar-refractivity contribution in [1.82, 2.24) is 20.0 Å². The molecule has 17 heavy (non-hydrogen) atoms. The lowest BCUT2D eigenvalue weighted by Crippen LogP contribution is -2.52. The lowest BCUT2D eigenvalue weighted by Gasteiger charge is -2.36. The third-order valence-electron chi connectivity index (χ3n) is 3.12. The molecule has 1 aliphatic rings. The second-order valence-corrected chi connectivity index (χ2v) is 4.23. The van der Waals surface area contributed by atoms with Gasteiger partial charge in [0.25, 0.3) is 0 Å². The molecule has 0 aromatic carbocycles. The average Bonchev–Trinajstić information content (AvgIpc) is 2.35. The van der Waals surface area contributed by atoms with Crippen molar-refractivity contribution in [2.45, 2.75) is 6.92 Å². The molecule has 104 valence electrons. The van der Waals surface area contributed by atoms with Gasteiger partial charge in [-0.1, -0.05) is 0 Å². The molecule has 0 aromatic rings. The minimum Gasteiger partial charge on any atom is -0.328 e. The molecule has 0 aromatic heterocycles. The fourth-order valence-corrected chi connectivity index (χ4v) is 1.81. The van der Waals surface area contributed by atoms with E-state index in [-0.39, 0.29) is 21.0 Å². The third kappa shape index (κ3) is 5.14. The Morgan fingerprint density at radius 3 is 2.41 bits per heavy atom. The quantitative estimate of drug-likeness (QED) is 0.791. The van der Waals surface area contributed by atoms with E-state index in [0.717, 1.165) is 45.8 Å². The SMILES string of the molecule is CCN(C)C(=O)N1CCN(CCNC)CC1.S.[HH]. The number of amides is 2. The van der Waals surface area contributed by atoms with Crippen molar-refractivity contribution in [3.05, 3.63) is 0 Å². The van der Waals surface area contributed by atoms with Gasteiger partial charge in [0, 0.05) is 54.3 Å². The number of hydrogen-bond acceptors (Lipinski definition) is 3. The molecule has 0 atom stereocenters. The third-order valence-corrected chi connectivity index (χ3v) is 3.12. The van der Waals surface area contributed by atoms with Crippen LogP contribution >= 0.6 is 13.5 Å². The highest BCUT2D eigenvalue weighted by Crippen LogP contribution is 2.04. The van der Waals surface area contributed by atoms with E-state index < -0.39 is 0 Å². The smallest absolute Gasteiger partial charge is 0.319 e. The van der Waals surface area contributed by atoms with Gasteiger partial charge >= 0.3 is 6.03 Å². The second kappa shape index (κ2) is 8.60. The number of rotatable bonds is 4. The number of likely N-dealkylation sites (N-methyl/N-ethyl adjacent to an activating group) is 1. The topological polar surface area (TPSA) is 38.8 Å². The summed E-state index contributed by atoms with van der Waals surface area (Å²) in [5.74, 6) is 0. The van der Waals surface area contributed by atoms with Gasteiger partial charge < -0.3 is 15.1 Å². The highest BCUT2D eigenvalue weighted by molar-refractivity contribution is 7.59. The molecule has 1 aliphatic heterocycles. The van der Waals surface area contributed by atoms with Gasteiger partial charge in [0.2, 0.25) is 0 Å². The van der Waals surface area contributed by atoms with Gasteiger partial charge in [-0.05, 0) is 14.0 Å². The Morgan fingerprint density at radius 2 is 1.94 bits per heavy atom. The Labute approximate surface area is 113 Å². The van der Waals surface area contributed by atoms with E-state index in [1.807, 2.05) is 25.9 Å². The zero-order valence-electron chi connectivity index (χ0n) is 11.2. The lowest BCUT2D eigenvalue weighted by atomic mass is 10.3. The van der Waals surface area contributed by atoms with Gasteiger partial charge in [0.15, 0.2) is 0 Å². The van der Waals surface area contributed by atoms with Crippen LogP contribution in [0.3, 0.4) is 0 Å². The Balaban J connectivity index is 0. The van der Waals surface area contributed by atoms with E-state index in [1.54, 1.807) is 4.90 Å². The highest BCUT2D eigenvalue weighted by atomic mass is 32.1. The first-order valence-corrected chi connectivity index (χ1v) is 6.06. The number of carbonyl (C=O) groups is 1. The van der Waals surface area contributed by atoms with Crippen LogP contribution in [0.15, 0.2) is 0 Å². The first kappa shape index (κ1) is 16.5. The monoisotopic (exact) mass is 264 g/mol. The van der Waals surface area contributed by atoms with Crippen molar-refractivity contribution in [2.24, 2.45) is 0 Å². The van der Waals surface area contributed by atoms with E-state index in [4.69, 9.17) is 0 Å². The zero-order chi connectivity index (χ0) is 12.0. The van der Waals surface area contributed by atoms with Gasteiger partial charge in [-0.3, -0.25) is 4.90 Å². The largest absolute Gasteiger partial charge is 0.328 e. The van der Waals surface area contributed by atoms with Crippen molar-refractivity contribution in [3.8, 4) is 0 Å². The molecule has 0 radical (unpaired) electrons. The molecular weight excluding hydrogens is 236 g/mol. The molecule has 2 amide bonds. The number of urea groups is 1. The van der Waals surface area contributed by atoms with Gasteiger partial charge in [0.05, 0.1) is 0 Å². The Bertz CT molecular complexity index is 225. The predicted molar refractivity (Wildman–Crippen MR) is 78.1 cm³/mol. The Hall–Kier alpha value is -0.460. The maximum atomic E-state index is 11.9. The standard InChI is InChI=1S/C11H24N4O.H2S.H2/c1-4-13(3)11(16)15-9-7-14(8-10-15)6-5-12-2;;/h12H,4-10H2,1-3H3;1H2;1H. The van der Waals surface area contributed by atoms with E-state index >= 15 is 0 Å². The summed E-state index contributed by atoms with van der Waals surface area (Å²) in [6.07, 6.45) is 0. The molecule has 1 fully saturated rings. The van der Waals surface area contributed by atoms with Crippen LogP contribution < -0.4 is 5.32 Å². The number of nitrogens with one attached hydrogen (secondary N) is 1. The molecule has 1 saturated heterocycles. The van der Waals surface area contributed by atoms with Crippen LogP contribution in [-0.4, -0.2) is 80.6 Å². The summed E-state index contributed by atoms with van der Waals surface area (Å²) < 4.78 is 0. The van der Waals surface area contributed by atoms with Crippen LogP contribution in [0.5, 0.6) is 0 Å². The van der Waals surface area contributed by atoms with Crippen LogP contribution in [-0.2, 0) is 0 Å². The number of nitrogens with zero attached hydrogens (tertiary/aromatic N) is 3. The number of hydrogen-bond donors (Lipinski definition) is 1. The molecule has 1 rings (SSSR count). The molecule has 1 N–H and O–H groups in total. The summed E-state index contributed by atoms with van der Waals surface area (Å²) in [6.45, 7) is 8.56. The van der Waals surface area contributed by atoms with Crippen molar-refractivity contribution >= 4 is 19.5 Å². The summed E-state index contributed by atoms with van der Waals surface area (Å²) in [5.41, 5.74) is 0. The first-order chi connectivity index (χ1) is 7.69. The van der Waals surface area contributed by atoms with Crippen LogP contribution in [0.1, 0.15) is 8.35 Å². The predicted octanol–water partition coefficient (Wildman–Crippen LogP) is 0.254. The van der Waals surface area contributed by atoms with E-state index in [9.17, 15) is 4.79 Å². The van der Waals surface area contributed by atoms with Gasteiger partial charge in [0.1, 0.15) is 0 Å². The zero-order valence-corrected chi connectivity index (χ0v) is 12.2. The fraction of sp³-hybridized carbons (Fsp3) is 0.909. The van der Waals surface area contributed by atoms with Crippen LogP contribution in [0.25, 0.3) is 0 Å². The van der Waals surface area contributed by atoms with Crippen molar-refractivity contribution in [2.75, 3.05) is 59.9 Å². The van der Waals surface area contributed by atoms with Gasteiger partial charge in [-0.15, -0.1) is 0 Å². The molecule has 0 aliphatic carbocycles. The summed E-state index contributed by atoms with van der Waals surface area (Å²) in [6, 6.07) is 0.163. The maximum Gasteiger partial charge on any atom is 0.319 e. The normalized spacial score (nSPS) is 16.5. The number of piperazine rings is 1. The molecule has 0 saturated carbocycles. The molecule has 0 spiro atoms. The number of carbonyl (C=O) groups excluding carboxylic acids is 1. The van der Waals surface area contributed by atoms with Gasteiger partial charge in [-0.25, -0.2) is 4.79 Å². The van der Waals surface area contributed by atoms with Crippen LogP contribution in [0, 0.1) is 0 Å². The molecule has 0 unspecified atom stereocenters.